The molecule has 0 amide bonds. The van der Waals surface area contributed by atoms with Crippen LogP contribution in [0.4, 0.5) is 0 Å². The number of allylic oxidation sites excluding steroid dienone is 2. The third-order valence-electron chi connectivity index (χ3n) is 1.09. The minimum Gasteiger partial charge on any atom is -0.507 e. The van der Waals surface area contributed by atoms with Crippen molar-refractivity contribution in [3.8, 4) is 0 Å². The average molecular weight is 142 g/mol. The highest BCUT2D eigenvalue weighted by molar-refractivity contribution is 6.63. The molecule has 0 aromatic rings. The van der Waals surface area contributed by atoms with Crippen LogP contribution in [0.15, 0.2) is 24.1 Å². The fraction of sp³-hybridized carbons (Fsp3) is 0.429. The Balaban J connectivity index is 3.96. The molecule has 0 aliphatic rings. The van der Waals surface area contributed by atoms with Crippen molar-refractivity contribution in [1.82, 2.24) is 0 Å². The monoisotopic (exact) mass is 142 g/mol. The van der Waals surface area contributed by atoms with Crippen LogP contribution < -0.4 is 0 Å². The standard InChI is InChI=1S/C7H14OSi/c1-5-6-7(8-2)9(3)4/h5-6,9H,1H2,2-4H3/b7-6-. The zero-order chi connectivity index (χ0) is 7.28. The van der Waals surface area contributed by atoms with E-state index in [4.69, 9.17) is 4.74 Å². The molecule has 0 bridgehead atoms. The predicted molar refractivity (Wildman–Crippen MR) is 44.2 cm³/mol. The van der Waals surface area contributed by atoms with Gasteiger partial charge in [-0.15, -0.1) is 0 Å². The molecular weight excluding hydrogens is 128 g/mol. The Morgan fingerprint density at radius 2 is 2.11 bits per heavy atom. The van der Waals surface area contributed by atoms with Crippen LogP contribution in [0.1, 0.15) is 0 Å². The molecule has 52 valence electrons. The van der Waals surface area contributed by atoms with Gasteiger partial charge >= 0.3 is 0 Å². The smallest absolute Gasteiger partial charge is 0.109 e. The summed E-state index contributed by atoms with van der Waals surface area (Å²) in [6.45, 7) is 8.04. The van der Waals surface area contributed by atoms with E-state index in [2.05, 4.69) is 19.7 Å². The summed E-state index contributed by atoms with van der Waals surface area (Å²) in [5, 5.41) is 1.12. The van der Waals surface area contributed by atoms with Gasteiger partial charge in [-0.3, -0.25) is 0 Å². The lowest BCUT2D eigenvalue weighted by Crippen LogP contribution is -2.06. The van der Waals surface area contributed by atoms with Gasteiger partial charge in [0.2, 0.25) is 0 Å². The van der Waals surface area contributed by atoms with Gasteiger partial charge in [0.1, 0.15) is 8.80 Å². The number of methoxy groups -OCH3 is 1. The molecule has 0 spiro atoms. The normalized spacial score (nSPS) is 11.8. The Morgan fingerprint density at radius 3 is 2.22 bits per heavy atom. The molecule has 2 heteroatoms. The molecule has 0 saturated heterocycles. The highest BCUT2D eigenvalue weighted by atomic mass is 28.3. The number of hydrogen-bond acceptors (Lipinski definition) is 1. The molecule has 9 heavy (non-hydrogen) atoms. The third-order valence-corrected chi connectivity index (χ3v) is 2.65. The summed E-state index contributed by atoms with van der Waals surface area (Å²) >= 11 is 0. The minimum atomic E-state index is -0.735. The molecule has 0 aliphatic carbocycles. The zero-order valence-electron chi connectivity index (χ0n) is 6.35. The van der Waals surface area contributed by atoms with Crippen LogP contribution in [-0.4, -0.2) is 15.9 Å². The van der Waals surface area contributed by atoms with E-state index in [1.807, 2.05) is 6.08 Å². The minimum absolute atomic E-state index is 0.735. The summed E-state index contributed by atoms with van der Waals surface area (Å²) in [5.74, 6) is 0. The van der Waals surface area contributed by atoms with Gasteiger partial charge in [0.15, 0.2) is 0 Å². The van der Waals surface area contributed by atoms with Crippen LogP contribution in [0, 0.1) is 0 Å². The van der Waals surface area contributed by atoms with Crippen LogP contribution in [0.5, 0.6) is 0 Å². The maximum Gasteiger partial charge on any atom is 0.109 e. The molecule has 0 heterocycles. The SMILES string of the molecule is C=C/C=C(/OC)[SiH](C)C. The second kappa shape index (κ2) is 4.38. The predicted octanol–water partition coefficient (Wildman–Crippen LogP) is 1.73. The van der Waals surface area contributed by atoms with E-state index in [1.165, 1.54) is 0 Å². The summed E-state index contributed by atoms with van der Waals surface area (Å²) in [5.41, 5.74) is 0. The van der Waals surface area contributed by atoms with Crippen molar-refractivity contribution in [3.05, 3.63) is 24.1 Å². The van der Waals surface area contributed by atoms with E-state index in [1.54, 1.807) is 13.2 Å². The van der Waals surface area contributed by atoms with Gasteiger partial charge in [0.05, 0.1) is 12.5 Å². The summed E-state index contributed by atoms with van der Waals surface area (Å²) in [7, 11) is 0.975. The zero-order valence-corrected chi connectivity index (χ0v) is 7.50. The van der Waals surface area contributed by atoms with E-state index in [0.29, 0.717) is 0 Å². The van der Waals surface area contributed by atoms with Crippen LogP contribution in [0.2, 0.25) is 13.1 Å². The number of hydrogen-bond donors (Lipinski definition) is 0. The van der Waals surface area contributed by atoms with E-state index < -0.39 is 8.80 Å². The lowest BCUT2D eigenvalue weighted by Gasteiger charge is -2.06. The van der Waals surface area contributed by atoms with Crippen molar-refractivity contribution < 1.29 is 4.74 Å². The van der Waals surface area contributed by atoms with Crippen LogP contribution in [0.25, 0.3) is 0 Å². The van der Waals surface area contributed by atoms with Gasteiger partial charge in [-0.2, -0.15) is 0 Å². The molecule has 0 saturated carbocycles. The summed E-state index contributed by atoms with van der Waals surface area (Å²) in [6.07, 6.45) is 3.71. The van der Waals surface area contributed by atoms with Gasteiger partial charge in [0.25, 0.3) is 0 Å². The Morgan fingerprint density at radius 1 is 1.56 bits per heavy atom. The molecule has 0 radical (unpaired) electrons. The van der Waals surface area contributed by atoms with Crippen LogP contribution in [0.3, 0.4) is 0 Å². The van der Waals surface area contributed by atoms with E-state index in [0.717, 1.165) is 5.38 Å². The summed E-state index contributed by atoms with van der Waals surface area (Å²) in [6, 6.07) is 0. The first-order valence-electron chi connectivity index (χ1n) is 3.09. The third kappa shape index (κ3) is 3.14. The first-order valence-corrected chi connectivity index (χ1v) is 5.97. The van der Waals surface area contributed by atoms with Crippen molar-refractivity contribution in [2.75, 3.05) is 7.11 Å². The fourth-order valence-corrected chi connectivity index (χ4v) is 1.60. The Bertz CT molecular complexity index is 116. The lowest BCUT2D eigenvalue weighted by molar-refractivity contribution is 0.318. The second-order valence-corrected chi connectivity index (χ2v) is 5.04. The molecule has 0 N–H and O–H groups in total. The molecule has 0 unspecified atom stereocenters. The largest absolute Gasteiger partial charge is 0.507 e. The molecule has 0 atom stereocenters. The summed E-state index contributed by atoms with van der Waals surface area (Å²) < 4.78 is 5.10. The quantitative estimate of drug-likeness (QED) is 0.331. The van der Waals surface area contributed by atoms with E-state index >= 15 is 0 Å². The van der Waals surface area contributed by atoms with Gasteiger partial charge in [0, 0.05) is 0 Å². The van der Waals surface area contributed by atoms with Gasteiger partial charge in [-0.05, 0) is 6.08 Å². The second-order valence-electron chi connectivity index (χ2n) is 2.16. The Labute approximate surface area is 58.6 Å². The van der Waals surface area contributed by atoms with Gasteiger partial charge in [-0.25, -0.2) is 0 Å². The van der Waals surface area contributed by atoms with E-state index in [-0.39, 0.29) is 0 Å². The lowest BCUT2D eigenvalue weighted by atomic mass is 10.6. The first kappa shape index (κ1) is 8.50. The molecule has 0 rings (SSSR count). The van der Waals surface area contributed by atoms with Gasteiger partial charge in [-0.1, -0.05) is 25.7 Å². The van der Waals surface area contributed by atoms with Crippen molar-refractivity contribution in [2.45, 2.75) is 13.1 Å². The fourth-order valence-electron chi connectivity index (χ4n) is 0.612. The average Bonchev–Trinajstić information content (AvgIpc) is 1.82. The van der Waals surface area contributed by atoms with Gasteiger partial charge < -0.3 is 4.74 Å². The Hall–Kier alpha value is -0.503. The Kier molecular flexibility index (Phi) is 4.14. The van der Waals surface area contributed by atoms with Crippen molar-refractivity contribution in [3.63, 3.8) is 0 Å². The number of rotatable bonds is 3. The topological polar surface area (TPSA) is 9.23 Å². The molecule has 0 fully saturated rings. The van der Waals surface area contributed by atoms with Crippen molar-refractivity contribution in [2.24, 2.45) is 0 Å². The molecule has 0 aromatic heterocycles. The van der Waals surface area contributed by atoms with Crippen LogP contribution in [-0.2, 0) is 4.74 Å². The maximum atomic E-state index is 5.10. The molecule has 0 aliphatic heterocycles. The first-order chi connectivity index (χ1) is 4.22. The van der Waals surface area contributed by atoms with Crippen LogP contribution >= 0.6 is 0 Å². The highest BCUT2D eigenvalue weighted by Crippen LogP contribution is 2.00. The number of ether oxygens (including phenoxy) is 1. The van der Waals surface area contributed by atoms with E-state index in [9.17, 15) is 0 Å². The van der Waals surface area contributed by atoms with Crippen molar-refractivity contribution in [1.29, 1.82) is 0 Å². The maximum absolute atomic E-state index is 5.10. The molecule has 1 nitrogen and oxygen atoms in total. The molecule has 0 aromatic carbocycles. The van der Waals surface area contributed by atoms with Crippen molar-refractivity contribution >= 4 is 8.80 Å². The summed E-state index contributed by atoms with van der Waals surface area (Å²) in [4.78, 5) is 0. The molecular formula is C7H14OSi. The highest BCUT2D eigenvalue weighted by Gasteiger charge is 2.00.